The second kappa shape index (κ2) is 5.88. The first kappa shape index (κ1) is 15.9. The summed E-state index contributed by atoms with van der Waals surface area (Å²) in [5.41, 5.74) is -0.0133. The molecule has 2 unspecified atom stereocenters. The third-order valence-electron chi connectivity index (χ3n) is 4.03. The van der Waals surface area contributed by atoms with Crippen LogP contribution in [-0.2, 0) is 9.84 Å². The molecule has 4 nitrogen and oxygen atoms in total. The number of aliphatic hydroxyl groups is 1. The maximum atomic E-state index is 11.1. The normalized spacial score (nSPS) is 28.6. The van der Waals surface area contributed by atoms with Crippen LogP contribution in [0.25, 0.3) is 0 Å². The van der Waals surface area contributed by atoms with Crippen molar-refractivity contribution in [2.45, 2.75) is 39.2 Å². The fourth-order valence-electron chi connectivity index (χ4n) is 2.77. The lowest BCUT2D eigenvalue weighted by atomic mass is 9.69. The van der Waals surface area contributed by atoms with Gasteiger partial charge in [-0.3, -0.25) is 0 Å². The molecular weight excluding hydrogens is 250 g/mol. The molecular formula is C13H27NO3S. The number of hydrogen-bond donors (Lipinski definition) is 1. The van der Waals surface area contributed by atoms with Gasteiger partial charge in [0.15, 0.2) is 0 Å². The van der Waals surface area contributed by atoms with Crippen LogP contribution in [0, 0.1) is 11.3 Å². The van der Waals surface area contributed by atoms with E-state index in [0.717, 1.165) is 25.8 Å². The zero-order valence-corrected chi connectivity index (χ0v) is 12.8. The van der Waals surface area contributed by atoms with Crippen molar-refractivity contribution in [1.82, 2.24) is 4.90 Å². The van der Waals surface area contributed by atoms with Gasteiger partial charge in [-0.05, 0) is 31.2 Å². The number of hydrogen-bond acceptors (Lipinski definition) is 4. The Labute approximate surface area is 111 Å². The Kier molecular flexibility index (Phi) is 5.21. The van der Waals surface area contributed by atoms with Gasteiger partial charge < -0.3 is 10.0 Å². The standard InChI is InChI=1S/C13H27NO3S/c1-13(2)7-5-6-11(12(13)15)10-14(3)8-9-18(4,16)17/h11-12,15H,5-10H2,1-4H3. The summed E-state index contributed by atoms with van der Waals surface area (Å²) in [5, 5.41) is 10.3. The molecule has 1 saturated carbocycles. The summed E-state index contributed by atoms with van der Waals surface area (Å²) in [4.78, 5) is 2.02. The third-order valence-corrected chi connectivity index (χ3v) is 4.96. The lowest BCUT2D eigenvalue weighted by Crippen LogP contribution is -2.44. The molecule has 0 spiro atoms. The monoisotopic (exact) mass is 277 g/mol. The highest BCUT2D eigenvalue weighted by molar-refractivity contribution is 7.90. The quantitative estimate of drug-likeness (QED) is 0.819. The fraction of sp³-hybridized carbons (Fsp3) is 1.00. The molecule has 0 bridgehead atoms. The maximum absolute atomic E-state index is 11.1. The molecule has 0 amide bonds. The predicted octanol–water partition coefficient (Wildman–Crippen LogP) is 1.15. The van der Waals surface area contributed by atoms with Crippen LogP contribution in [-0.4, -0.2) is 56.7 Å². The number of rotatable bonds is 5. The second-order valence-electron chi connectivity index (χ2n) is 6.48. The lowest BCUT2D eigenvalue weighted by Gasteiger charge is -2.42. The van der Waals surface area contributed by atoms with E-state index < -0.39 is 9.84 Å². The molecule has 2 atom stereocenters. The van der Waals surface area contributed by atoms with Crippen molar-refractivity contribution in [3.63, 3.8) is 0 Å². The highest BCUT2D eigenvalue weighted by Gasteiger charge is 2.37. The summed E-state index contributed by atoms with van der Waals surface area (Å²) in [6.45, 7) is 5.54. The Balaban J connectivity index is 2.46. The molecule has 18 heavy (non-hydrogen) atoms. The zero-order chi connectivity index (χ0) is 14.0. The highest BCUT2D eigenvalue weighted by atomic mass is 32.2. The SMILES string of the molecule is CN(CCS(C)(=O)=O)CC1CCCC(C)(C)C1O. The van der Waals surface area contributed by atoms with Crippen LogP contribution in [0.2, 0.25) is 0 Å². The molecule has 0 heterocycles. The van der Waals surface area contributed by atoms with Crippen LogP contribution in [0.15, 0.2) is 0 Å². The van der Waals surface area contributed by atoms with E-state index in [9.17, 15) is 13.5 Å². The van der Waals surface area contributed by atoms with Crippen LogP contribution in [0.4, 0.5) is 0 Å². The smallest absolute Gasteiger partial charge is 0.148 e. The average molecular weight is 277 g/mol. The van der Waals surface area contributed by atoms with Gasteiger partial charge in [0.1, 0.15) is 9.84 Å². The molecule has 1 aliphatic carbocycles. The third kappa shape index (κ3) is 4.86. The van der Waals surface area contributed by atoms with Crippen molar-refractivity contribution < 1.29 is 13.5 Å². The van der Waals surface area contributed by atoms with Gasteiger partial charge in [-0.25, -0.2) is 8.42 Å². The van der Waals surface area contributed by atoms with Gasteiger partial charge >= 0.3 is 0 Å². The van der Waals surface area contributed by atoms with Crippen LogP contribution < -0.4 is 0 Å². The Hall–Kier alpha value is -0.130. The van der Waals surface area contributed by atoms with Crippen LogP contribution in [0.3, 0.4) is 0 Å². The Bertz CT molecular complexity index is 364. The fourth-order valence-corrected chi connectivity index (χ4v) is 3.41. The van der Waals surface area contributed by atoms with Crippen molar-refractivity contribution in [3.8, 4) is 0 Å². The molecule has 5 heteroatoms. The molecule has 0 aromatic rings. The first-order valence-electron chi connectivity index (χ1n) is 6.66. The van der Waals surface area contributed by atoms with Crippen LogP contribution >= 0.6 is 0 Å². The van der Waals surface area contributed by atoms with E-state index in [2.05, 4.69) is 13.8 Å². The number of aliphatic hydroxyl groups excluding tert-OH is 1. The Morgan fingerprint density at radius 3 is 2.56 bits per heavy atom. The molecule has 0 aliphatic heterocycles. The number of sulfone groups is 1. The van der Waals surface area contributed by atoms with E-state index in [0.29, 0.717) is 6.54 Å². The van der Waals surface area contributed by atoms with Gasteiger partial charge in [-0.15, -0.1) is 0 Å². The van der Waals surface area contributed by atoms with E-state index >= 15 is 0 Å². The molecule has 0 aromatic carbocycles. The minimum Gasteiger partial charge on any atom is -0.392 e. The first-order valence-corrected chi connectivity index (χ1v) is 8.72. The molecule has 0 aromatic heterocycles. The van der Waals surface area contributed by atoms with Gasteiger partial charge in [0, 0.05) is 19.3 Å². The van der Waals surface area contributed by atoms with Crippen LogP contribution in [0.1, 0.15) is 33.1 Å². The van der Waals surface area contributed by atoms with Crippen molar-refractivity contribution >= 4 is 9.84 Å². The molecule has 1 rings (SSSR count). The van der Waals surface area contributed by atoms with Crippen molar-refractivity contribution in [2.75, 3.05) is 32.1 Å². The average Bonchev–Trinajstić information content (AvgIpc) is 2.21. The predicted molar refractivity (Wildman–Crippen MR) is 74.3 cm³/mol. The van der Waals surface area contributed by atoms with E-state index in [1.807, 2.05) is 11.9 Å². The van der Waals surface area contributed by atoms with Crippen molar-refractivity contribution in [2.24, 2.45) is 11.3 Å². The maximum Gasteiger partial charge on any atom is 0.148 e. The van der Waals surface area contributed by atoms with Gasteiger partial charge in [0.25, 0.3) is 0 Å². The van der Waals surface area contributed by atoms with Gasteiger partial charge in [0.05, 0.1) is 11.9 Å². The highest BCUT2D eigenvalue weighted by Crippen LogP contribution is 2.39. The summed E-state index contributed by atoms with van der Waals surface area (Å²) in [7, 11) is -0.970. The summed E-state index contributed by atoms with van der Waals surface area (Å²) in [6, 6.07) is 0. The van der Waals surface area contributed by atoms with E-state index in [1.54, 1.807) is 0 Å². The molecule has 0 radical (unpaired) electrons. The Morgan fingerprint density at radius 1 is 1.39 bits per heavy atom. The molecule has 108 valence electrons. The largest absolute Gasteiger partial charge is 0.392 e. The zero-order valence-electron chi connectivity index (χ0n) is 12.0. The minimum atomic E-state index is -2.90. The van der Waals surface area contributed by atoms with Crippen molar-refractivity contribution in [3.05, 3.63) is 0 Å². The van der Waals surface area contributed by atoms with E-state index in [-0.39, 0.29) is 23.2 Å². The van der Waals surface area contributed by atoms with E-state index in [4.69, 9.17) is 0 Å². The van der Waals surface area contributed by atoms with Crippen molar-refractivity contribution in [1.29, 1.82) is 0 Å². The molecule has 1 fully saturated rings. The summed E-state index contributed by atoms with van der Waals surface area (Å²) < 4.78 is 22.2. The molecule has 1 N–H and O–H groups in total. The molecule has 1 aliphatic rings. The molecule has 0 saturated heterocycles. The van der Waals surface area contributed by atoms with Gasteiger partial charge in [-0.2, -0.15) is 0 Å². The lowest BCUT2D eigenvalue weighted by molar-refractivity contribution is -0.0404. The Morgan fingerprint density at radius 2 is 2.00 bits per heavy atom. The van der Waals surface area contributed by atoms with Crippen LogP contribution in [0.5, 0.6) is 0 Å². The van der Waals surface area contributed by atoms with E-state index in [1.165, 1.54) is 6.26 Å². The van der Waals surface area contributed by atoms with Gasteiger partial charge in [-0.1, -0.05) is 20.3 Å². The topological polar surface area (TPSA) is 57.6 Å². The summed E-state index contributed by atoms with van der Waals surface area (Å²) >= 11 is 0. The number of nitrogens with zero attached hydrogens (tertiary/aromatic N) is 1. The minimum absolute atomic E-state index is 0.0133. The first-order chi connectivity index (χ1) is 8.12. The second-order valence-corrected chi connectivity index (χ2v) is 8.74. The summed E-state index contributed by atoms with van der Waals surface area (Å²) in [5.74, 6) is 0.453. The summed E-state index contributed by atoms with van der Waals surface area (Å²) in [6.07, 6.45) is 4.23. The van der Waals surface area contributed by atoms with Gasteiger partial charge in [0.2, 0.25) is 0 Å².